The molecule has 2 amide bonds. The minimum Gasteiger partial charge on any atom is -0.356 e. The van der Waals surface area contributed by atoms with E-state index in [1.165, 1.54) is 23.7 Å². The second-order valence-electron chi connectivity index (χ2n) is 2.62. The number of rotatable bonds is 2. The third kappa shape index (κ3) is 3.53. The topological polar surface area (TPSA) is 37.4 Å². The predicted octanol–water partition coefficient (Wildman–Crippen LogP) is 0.914. The fraction of sp³-hybridized carbons (Fsp3) is 0.571. The van der Waals surface area contributed by atoms with Crippen LogP contribution in [0.3, 0.4) is 0 Å². The number of carbonyl (C=O) groups excluding carboxylic acids is 2. The number of hydrogen-bond donors (Lipinski definition) is 1. The Kier molecular flexibility index (Phi) is 6.15. The Morgan fingerprint density at radius 1 is 1.62 bits per heavy atom. The molecule has 0 N–H and O–H groups in total. The summed E-state index contributed by atoms with van der Waals surface area (Å²) in [5.74, 6) is -0.217. The maximum atomic E-state index is 11.3. The number of nitrogens with zero attached hydrogens (tertiary/aromatic N) is 1. The first-order chi connectivity index (χ1) is 5.52. The summed E-state index contributed by atoms with van der Waals surface area (Å²) in [6.45, 7) is 1.81. The van der Waals surface area contributed by atoms with Gasteiger partial charge in [-0.25, -0.2) is 4.58 Å². The molecule has 0 radical (unpaired) electrons. The number of thioether (sulfide) groups is 1. The van der Waals surface area contributed by atoms with Crippen molar-refractivity contribution in [3.05, 3.63) is 4.58 Å². The summed E-state index contributed by atoms with van der Waals surface area (Å²) < 4.78 is 0.816. The quantitative estimate of drug-likeness (QED) is 0.467. The van der Waals surface area contributed by atoms with Gasteiger partial charge in [0.05, 0.1) is 5.25 Å². The molecule has 0 aromatic rings. The van der Waals surface area contributed by atoms with Gasteiger partial charge >= 0.3 is 32.7 Å². The van der Waals surface area contributed by atoms with Crippen molar-refractivity contribution in [3.63, 3.8) is 0 Å². The number of likely N-dealkylation sites (tertiary alicyclic amines) is 1. The first kappa shape index (κ1) is 13.9. The van der Waals surface area contributed by atoms with Crippen LogP contribution in [0.2, 0.25) is 0 Å². The molecule has 1 unspecified atom stereocenters. The Bertz CT molecular complexity index is 223. The van der Waals surface area contributed by atoms with Crippen molar-refractivity contribution in [1.82, 2.24) is 4.90 Å². The molecule has 68 valence electrons. The molecule has 1 heterocycles. The second-order valence-corrected chi connectivity index (χ2v) is 5.01. The summed E-state index contributed by atoms with van der Waals surface area (Å²) >= 11 is 5.42. The summed E-state index contributed by atoms with van der Waals surface area (Å²) in [7, 11) is 1.51. The number of carbonyl (C=O) groups is 2. The van der Waals surface area contributed by atoms with Crippen LogP contribution in [0.25, 0.3) is 0 Å². The van der Waals surface area contributed by atoms with Gasteiger partial charge < -0.3 is 24.4 Å². The predicted molar refractivity (Wildman–Crippen MR) is 51.7 cm³/mol. The molecular weight excluding hydrogens is 283 g/mol. The van der Waals surface area contributed by atoms with Crippen molar-refractivity contribution in [2.45, 2.75) is 18.6 Å². The van der Waals surface area contributed by atoms with Gasteiger partial charge in [-0.05, 0) is 0 Å². The number of thiol groups is 1. The fourth-order valence-corrected chi connectivity index (χ4v) is 2.30. The summed E-state index contributed by atoms with van der Waals surface area (Å²) in [6.07, 6.45) is 0.303. The van der Waals surface area contributed by atoms with Crippen LogP contribution in [-0.2, 0) is 42.3 Å². The number of imide groups is 1. The van der Waals surface area contributed by atoms with Gasteiger partial charge in [-0.15, -0.1) is 0 Å². The molecule has 3 nitrogen and oxygen atoms in total. The third-order valence-corrected chi connectivity index (χ3v) is 2.96. The van der Waals surface area contributed by atoms with E-state index < -0.39 is 0 Å². The van der Waals surface area contributed by atoms with Gasteiger partial charge in [-0.3, -0.25) is 14.5 Å². The van der Waals surface area contributed by atoms with Crippen LogP contribution in [0.1, 0.15) is 13.3 Å². The molecule has 1 rings (SSSR count). The average Bonchev–Trinajstić information content (AvgIpc) is 2.17. The molecule has 0 bridgehead atoms. The molecule has 0 saturated carbocycles. The average molecular weight is 293 g/mol. The molecule has 0 spiro atoms. The third-order valence-electron chi connectivity index (χ3n) is 1.65. The number of hydrogen-bond acceptors (Lipinski definition) is 4. The standard InChI is InChI=1S/C7H10NO2S2.Y/c1-4(11)12-5-3-6(9)8(2)7(5)10;/h5,11H,3H2,1-2H3;/q-1;+3. The molecule has 0 aromatic carbocycles. The maximum absolute atomic E-state index is 11.3. The van der Waals surface area contributed by atoms with Crippen molar-refractivity contribution in [3.8, 4) is 0 Å². The second kappa shape index (κ2) is 5.73. The molecule has 1 aliphatic rings. The van der Waals surface area contributed by atoms with Crippen LogP contribution in [0.4, 0.5) is 0 Å². The fourth-order valence-electron chi connectivity index (χ4n) is 1.02. The smallest absolute Gasteiger partial charge is 0.356 e. The van der Waals surface area contributed by atoms with Gasteiger partial charge in [0, 0.05) is 13.5 Å². The van der Waals surface area contributed by atoms with E-state index in [1.807, 2.05) is 6.92 Å². The SMILES string of the molecule is C[C-](S)SC1CC(=O)N(C)C1=O.[Y+3]. The van der Waals surface area contributed by atoms with E-state index >= 15 is 0 Å². The van der Waals surface area contributed by atoms with Gasteiger partial charge in [0.15, 0.2) is 0 Å². The minimum atomic E-state index is -0.250. The molecule has 1 atom stereocenters. The zero-order valence-electron chi connectivity index (χ0n) is 7.48. The van der Waals surface area contributed by atoms with Crippen molar-refractivity contribution >= 4 is 36.2 Å². The molecule has 1 fully saturated rings. The van der Waals surface area contributed by atoms with Crippen molar-refractivity contribution in [2.24, 2.45) is 0 Å². The Labute approximate surface area is 113 Å². The maximum Gasteiger partial charge on any atom is 3.00 e. The van der Waals surface area contributed by atoms with Crippen LogP contribution in [-0.4, -0.2) is 29.0 Å². The van der Waals surface area contributed by atoms with Crippen molar-refractivity contribution < 1.29 is 42.3 Å². The van der Waals surface area contributed by atoms with E-state index in [9.17, 15) is 9.59 Å². The largest absolute Gasteiger partial charge is 3.00 e. The Morgan fingerprint density at radius 2 is 2.15 bits per heavy atom. The number of amides is 2. The van der Waals surface area contributed by atoms with Crippen LogP contribution in [0, 0.1) is 4.58 Å². The van der Waals surface area contributed by atoms with E-state index in [0.717, 1.165) is 4.58 Å². The molecule has 13 heavy (non-hydrogen) atoms. The Morgan fingerprint density at radius 3 is 2.46 bits per heavy atom. The van der Waals surface area contributed by atoms with Crippen molar-refractivity contribution in [2.75, 3.05) is 7.05 Å². The van der Waals surface area contributed by atoms with Crippen LogP contribution in [0.5, 0.6) is 0 Å². The summed E-state index contributed by atoms with van der Waals surface area (Å²) in [5, 5.41) is -0.250. The normalized spacial score (nSPS) is 22.5. The van der Waals surface area contributed by atoms with Crippen molar-refractivity contribution in [1.29, 1.82) is 0 Å². The minimum absolute atomic E-state index is 0. The van der Waals surface area contributed by atoms with Crippen LogP contribution in [0.15, 0.2) is 0 Å². The monoisotopic (exact) mass is 293 g/mol. The van der Waals surface area contributed by atoms with E-state index in [0.29, 0.717) is 6.42 Å². The molecule has 0 aliphatic carbocycles. The first-order valence-corrected chi connectivity index (χ1v) is 4.84. The van der Waals surface area contributed by atoms with Gasteiger partial charge in [0.25, 0.3) is 0 Å². The molecule has 6 heteroatoms. The zero-order valence-corrected chi connectivity index (χ0v) is 12.0. The molecular formula is C7H10NO2S2Y+2. The van der Waals surface area contributed by atoms with E-state index in [2.05, 4.69) is 12.6 Å². The van der Waals surface area contributed by atoms with Gasteiger partial charge in [0.2, 0.25) is 11.8 Å². The van der Waals surface area contributed by atoms with Gasteiger partial charge in [-0.1, -0.05) is 0 Å². The van der Waals surface area contributed by atoms with Crippen LogP contribution < -0.4 is 0 Å². The molecule has 1 aliphatic heterocycles. The first-order valence-electron chi connectivity index (χ1n) is 3.52. The molecule has 0 aromatic heterocycles. The summed E-state index contributed by atoms with van der Waals surface area (Å²) in [6, 6.07) is 0. The Hall–Kier alpha value is 0.944. The Balaban J connectivity index is 0.00000144. The summed E-state index contributed by atoms with van der Waals surface area (Å²) in [5.41, 5.74) is 0. The van der Waals surface area contributed by atoms with Gasteiger partial charge in [0.1, 0.15) is 0 Å². The van der Waals surface area contributed by atoms with Gasteiger partial charge in [-0.2, -0.15) is 6.92 Å². The van der Waals surface area contributed by atoms with E-state index in [4.69, 9.17) is 0 Å². The van der Waals surface area contributed by atoms with E-state index in [1.54, 1.807) is 0 Å². The van der Waals surface area contributed by atoms with E-state index in [-0.39, 0.29) is 49.8 Å². The van der Waals surface area contributed by atoms with Crippen LogP contribution >= 0.6 is 24.4 Å². The summed E-state index contributed by atoms with van der Waals surface area (Å²) in [4.78, 5) is 23.5. The zero-order chi connectivity index (χ0) is 9.30. The molecule has 1 saturated heterocycles.